The average Bonchev–Trinajstić information content (AvgIpc) is 2.89. The molecule has 1 fully saturated rings. The van der Waals surface area contributed by atoms with Crippen LogP contribution in [0, 0.1) is 11.3 Å². The van der Waals surface area contributed by atoms with E-state index in [0.717, 1.165) is 5.56 Å². The number of hydrogen-bond acceptors (Lipinski definition) is 4. The van der Waals surface area contributed by atoms with Crippen molar-refractivity contribution in [3.63, 3.8) is 0 Å². The van der Waals surface area contributed by atoms with Crippen molar-refractivity contribution in [2.75, 3.05) is 12.0 Å². The number of carbonyl (C=O) groups is 1. The molecule has 0 atom stereocenters. The van der Waals surface area contributed by atoms with Crippen LogP contribution in [0.3, 0.4) is 0 Å². The molecule has 1 saturated heterocycles. The zero-order valence-electron chi connectivity index (χ0n) is 12.8. The molecule has 1 heterocycles. The van der Waals surface area contributed by atoms with Crippen molar-refractivity contribution in [2.24, 2.45) is 0 Å². The Hall–Kier alpha value is -3.17. The molecule has 1 N–H and O–H groups in total. The fourth-order valence-electron chi connectivity index (χ4n) is 2.34. The molecule has 1 aliphatic rings. The third-order valence-corrected chi connectivity index (χ3v) is 3.83. The normalized spacial score (nSPS) is 15.3. The van der Waals surface area contributed by atoms with Crippen LogP contribution in [0.15, 0.2) is 54.2 Å². The van der Waals surface area contributed by atoms with Gasteiger partial charge in [-0.15, -0.1) is 0 Å². The van der Waals surface area contributed by atoms with Gasteiger partial charge in [0, 0.05) is 6.07 Å². The number of nitrogens with one attached hydrogen (secondary N) is 1. The van der Waals surface area contributed by atoms with Gasteiger partial charge in [0.2, 0.25) is 0 Å². The highest BCUT2D eigenvalue weighted by Gasteiger charge is 2.32. The Morgan fingerprint density at radius 2 is 2.00 bits per heavy atom. The van der Waals surface area contributed by atoms with Crippen molar-refractivity contribution in [3.05, 3.63) is 65.4 Å². The van der Waals surface area contributed by atoms with Gasteiger partial charge in [0.15, 0.2) is 5.11 Å². The number of nitrogens with zero attached hydrogens (tertiary/aromatic N) is 2. The SMILES string of the molecule is COc1cccc(N2C(=O)C(=Cc3ccc(C#N)cc3)NC2=S)c1. The molecule has 118 valence electrons. The second-order valence-electron chi connectivity index (χ2n) is 5.06. The van der Waals surface area contributed by atoms with Gasteiger partial charge in [-0.1, -0.05) is 18.2 Å². The molecule has 0 radical (unpaired) electrons. The number of ether oxygens (including phenoxy) is 1. The van der Waals surface area contributed by atoms with E-state index < -0.39 is 0 Å². The third kappa shape index (κ3) is 2.98. The van der Waals surface area contributed by atoms with E-state index in [0.29, 0.717) is 27.8 Å². The van der Waals surface area contributed by atoms with Gasteiger partial charge in [-0.25, -0.2) is 0 Å². The molecule has 1 amide bonds. The van der Waals surface area contributed by atoms with Gasteiger partial charge < -0.3 is 10.1 Å². The Morgan fingerprint density at radius 1 is 1.25 bits per heavy atom. The summed E-state index contributed by atoms with van der Waals surface area (Å²) in [7, 11) is 1.57. The molecule has 2 aromatic carbocycles. The number of rotatable bonds is 3. The van der Waals surface area contributed by atoms with Crippen LogP contribution in [-0.4, -0.2) is 18.1 Å². The molecule has 6 heteroatoms. The Balaban J connectivity index is 1.90. The molecule has 3 rings (SSSR count). The molecule has 2 aromatic rings. The fourth-order valence-corrected chi connectivity index (χ4v) is 2.64. The van der Waals surface area contributed by atoms with Crippen molar-refractivity contribution in [1.82, 2.24) is 5.32 Å². The van der Waals surface area contributed by atoms with Crippen LogP contribution in [0.1, 0.15) is 11.1 Å². The van der Waals surface area contributed by atoms with Gasteiger partial charge in [-0.2, -0.15) is 5.26 Å². The first kappa shape index (κ1) is 15.7. The summed E-state index contributed by atoms with van der Waals surface area (Å²) in [5.74, 6) is 0.408. The molecule has 0 saturated carbocycles. The summed E-state index contributed by atoms with van der Waals surface area (Å²) in [6.07, 6.45) is 1.70. The topological polar surface area (TPSA) is 65.4 Å². The molecular weight excluding hydrogens is 322 g/mol. The first-order valence-corrected chi connectivity index (χ1v) is 7.54. The van der Waals surface area contributed by atoms with Gasteiger partial charge in [-0.05, 0) is 48.1 Å². The maximum atomic E-state index is 12.7. The van der Waals surface area contributed by atoms with E-state index >= 15 is 0 Å². The number of anilines is 1. The highest BCUT2D eigenvalue weighted by atomic mass is 32.1. The minimum absolute atomic E-state index is 0.238. The van der Waals surface area contributed by atoms with E-state index in [2.05, 4.69) is 11.4 Å². The lowest BCUT2D eigenvalue weighted by atomic mass is 10.1. The number of nitriles is 1. The third-order valence-electron chi connectivity index (χ3n) is 3.54. The zero-order valence-corrected chi connectivity index (χ0v) is 13.6. The zero-order chi connectivity index (χ0) is 17.1. The summed E-state index contributed by atoms with van der Waals surface area (Å²) < 4.78 is 5.19. The number of carbonyl (C=O) groups excluding carboxylic acids is 1. The Morgan fingerprint density at radius 3 is 2.67 bits per heavy atom. The Bertz CT molecular complexity index is 882. The van der Waals surface area contributed by atoms with Crippen molar-refractivity contribution < 1.29 is 9.53 Å². The van der Waals surface area contributed by atoms with Crippen LogP contribution in [0.4, 0.5) is 5.69 Å². The fraction of sp³-hybridized carbons (Fsp3) is 0.0556. The molecule has 5 nitrogen and oxygen atoms in total. The summed E-state index contributed by atoms with van der Waals surface area (Å²) in [5, 5.41) is 12.1. The molecular formula is C18H13N3O2S. The first-order valence-electron chi connectivity index (χ1n) is 7.14. The minimum atomic E-state index is -0.238. The minimum Gasteiger partial charge on any atom is -0.497 e. The molecule has 1 aliphatic heterocycles. The van der Waals surface area contributed by atoms with E-state index in [1.807, 2.05) is 0 Å². The maximum Gasteiger partial charge on any atom is 0.281 e. The molecule has 0 spiro atoms. The molecule has 24 heavy (non-hydrogen) atoms. The maximum absolute atomic E-state index is 12.7. The largest absolute Gasteiger partial charge is 0.497 e. The van der Waals surface area contributed by atoms with E-state index in [-0.39, 0.29) is 5.91 Å². The first-order chi connectivity index (χ1) is 11.6. The lowest BCUT2D eigenvalue weighted by molar-refractivity contribution is -0.113. The highest BCUT2D eigenvalue weighted by Crippen LogP contribution is 2.26. The number of thiocarbonyl (C=S) groups is 1. The van der Waals surface area contributed by atoms with Crippen molar-refractivity contribution in [2.45, 2.75) is 0 Å². The summed E-state index contributed by atoms with van der Waals surface area (Å²) >= 11 is 5.28. The second-order valence-corrected chi connectivity index (χ2v) is 5.45. The van der Waals surface area contributed by atoms with Gasteiger partial charge >= 0.3 is 0 Å². The average molecular weight is 335 g/mol. The molecule has 0 bridgehead atoms. The van der Waals surface area contributed by atoms with E-state index in [9.17, 15) is 4.79 Å². The van der Waals surface area contributed by atoms with E-state index in [1.165, 1.54) is 4.90 Å². The Labute approximate surface area is 144 Å². The number of methoxy groups -OCH3 is 1. The number of benzene rings is 2. The van der Waals surface area contributed by atoms with Crippen LogP contribution in [-0.2, 0) is 4.79 Å². The van der Waals surface area contributed by atoms with Crippen LogP contribution >= 0.6 is 12.2 Å². The predicted octanol–water partition coefficient (Wildman–Crippen LogP) is 2.83. The molecule has 0 unspecified atom stereocenters. The lowest BCUT2D eigenvalue weighted by Crippen LogP contribution is -2.30. The Kier molecular flexibility index (Phi) is 4.27. The van der Waals surface area contributed by atoms with Crippen LogP contribution in [0.25, 0.3) is 6.08 Å². The van der Waals surface area contributed by atoms with Gasteiger partial charge in [0.1, 0.15) is 11.4 Å². The smallest absolute Gasteiger partial charge is 0.281 e. The number of amides is 1. The van der Waals surface area contributed by atoms with Crippen LogP contribution in [0.5, 0.6) is 5.75 Å². The lowest BCUT2D eigenvalue weighted by Gasteiger charge is -2.14. The standard InChI is InChI=1S/C18H13N3O2S/c1-23-15-4-2-3-14(10-15)21-17(22)16(20-18(21)24)9-12-5-7-13(11-19)8-6-12/h2-10H,1H3,(H,20,24). The van der Waals surface area contributed by atoms with E-state index in [4.69, 9.17) is 22.2 Å². The van der Waals surface area contributed by atoms with Gasteiger partial charge in [-0.3, -0.25) is 9.69 Å². The number of hydrogen-bond donors (Lipinski definition) is 1. The van der Waals surface area contributed by atoms with Crippen LogP contribution < -0.4 is 15.0 Å². The molecule has 0 aromatic heterocycles. The predicted molar refractivity (Wildman–Crippen MR) is 95.3 cm³/mol. The summed E-state index contributed by atoms with van der Waals surface area (Å²) in [6, 6.07) is 16.1. The monoisotopic (exact) mass is 335 g/mol. The van der Waals surface area contributed by atoms with E-state index in [1.54, 1.807) is 61.7 Å². The molecule has 0 aliphatic carbocycles. The second kappa shape index (κ2) is 6.52. The van der Waals surface area contributed by atoms with Crippen LogP contribution in [0.2, 0.25) is 0 Å². The van der Waals surface area contributed by atoms with Crippen molar-refractivity contribution in [3.8, 4) is 11.8 Å². The summed E-state index contributed by atoms with van der Waals surface area (Å²) in [5.41, 5.74) is 2.39. The van der Waals surface area contributed by atoms with Crippen molar-refractivity contribution in [1.29, 1.82) is 5.26 Å². The summed E-state index contributed by atoms with van der Waals surface area (Å²) in [4.78, 5) is 14.1. The quantitative estimate of drug-likeness (QED) is 0.690. The highest BCUT2D eigenvalue weighted by molar-refractivity contribution is 7.80. The van der Waals surface area contributed by atoms with Crippen molar-refractivity contribution >= 4 is 35.0 Å². The van der Waals surface area contributed by atoms with Gasteiger partial charge in [0.25, 0.3) is 5.91 Å². The van der Waals surface area contributed by atoms with Gasteiger partial charge in [0.05, 0.1) is 24.4 Å². The summed E-state index contributed by atoms with van der Waals surface area (Å²) in [6.45, 7) is 0.